The van der Waals surface area contributed by atoms with E-state index in [-0.39, 0.29) is 0 Å². The number of anilines is 1. The number of aryl methyl sites for hydroxylation is 2. The molecule has 0 unspecified atom stereocenters. The molecule has 0 N–H and O–H groups in total. The number of aromatic nitrogens is 7. The van der Waals surface area contributed by atoms with Crippen molar-refractivity contribution in [2.75, 3.05) is 31.1 Å². The molecule has 4 heterocycles. The Hall–Kier alpha value is -2.86. The SMILES string of the molecule is CCn1nc(C)c(S(=O)(=O)N2CCN(c3cc(-n4cncn4)ncn3)CC2)c1C. The van der Waals surface area contributed by atoms with E-state index in [1.807, 2.05) is 17.9 Å². The molecule has 1 fully saturated rings. The third-order valence-corrected chi connectivity index (χ3v) is 7.22. The average molecular weight is 417 g/mol. The maximum absolute atomic E-state index is 13.2. The van der Waals surface area contributed by atoms with E-state index in [4.69, 9.17) is 0 Å². The van der Waals surface area contributed by atoms with Crippen molar-refractivity contribution < 1.29 is 8.42 Å². The number of rotatable bonds is 5. The molecule has 0 saturated carbocycles. The number of hydrogen-bond donors (Lipinski definition) is 0. The first-order valence-corrected chi connectivity index (χ1v) is 10.8. The maximum atomic E-state index is 13.2. The Bertz CT molecular complexity index is 1100. The number of sulfonamides is 1. The highest BCUT2D eigenvalue weighted by Gasteiger charge is 2.33. The normalized spacial score (nSPS) is 15.8. The fourth-order valence-electron chi connectivity index (χ4n) is 3.61. The molecule has 12 heteroatoms. The Morgan fingerprint density at radius 3 is 2.38 bits per heavy atom. The average Bonchev–Trinajstić information content (AvgIpc) is 3.36. The van der Waals surface area contributed by atoms with Gasteiger partial charge in [0.05, 0.1) is 11.4 Å². The van der Waals surface area contributed by atoms with E-state index in [2.05, 4.69) is 25.1 Å². The molecule has 154 valence electrons. The quantitative estimate of drug-likeness (QED) is 0.586. The van der Waals surface area contributed by atoms with Gasteiger partial charge in [-0.3, -0.25) is 4.68 Å². The molecular formula is C17H23N9O2S. The summed E-state index contributed by atoms with van der Waals surface area (Å²) in [6.45, 7) is 7.96. The molecule has 3 aromatic heterocycles. The number of hydrogen-bond acceptors (Lipinski definition) is 8. The molecule has 0 aliphatic carbocycles. The van der Waals surface area contributed by atoms with Crippen LogP contribution in [0.15, 0.2) is 29.9 Å². The van der Waals surface area contributed by atoms with Gasteiger partial charge >= 0.3 is 0 Å². The summed E-state index contributed by atoms with van der Waals surface area (Å²) < 4.78 is 31.3. The first kappa shape index (κ1) is 19.5. The summed E-state index contributed by atoms with van der Waals surface area (Å²) in [7, 11) is -3.59. The van der Waals surface area contributed by atoms with Crippen LogP contribution in [0.1, 0.15) is 18.3 Å². The zero-order valence-electron chi connectivity index (χ0n) is 16.6. The molecule has 1 aliphatic rings. The van der Waals surface area contributed by atoms with Crippen LogP contribution >= 0.6 is 0 Å². The van der Waals surface area contributed by atoms with E-state index in [1.54, 1.807) is 29.5 Å². The van der Waals surface area contributed by atoms with Gasteiger partial charge in [0.1, 0.15) is 29.7 Å². The molecule has 0 aromatic carbocycles. The first-order valence-electron chi connectivity index (χ1n) is 9.38. The molecule has 4 rings (SSSR count). The molecule has 1 aliphatic heterocycles. The lowest BCUT2D eigenvalue weighted by Gasteiger charge is -2.34. The minimum atomic E-state index is -3.59. The van der Waals surface area contributed by atoms with Gasteiger partial charge in [-0.05, 0) is 20.8 Å². The first-order chi connectivity index (χ1) is 13.9. The minimum absolute atomic E-state index is 0.323. The van der Waals surface area contributed by atoms with Crippen LogP contribution in [-0.2, 0) is 16.6 Å². The summed E-state index contributed by atoms with van der Waals surface area (Å²) in [6, 6.07) is 1.82. The molecule has 29 heavy (non-hydrogen) atoms. The minimum Gasteiger partial charge on any atom is -0.354 e. The van der Waals surface area contributed by atoms with Gasteiger partial charge in [0, 0.05) is 38.8 Å². The highest BCUT2D eigenvalue weighted by Crippen LogP contribution is 2.25. The largest absolute Gasteiger partial charge is 0.354 e. The standard InChI is InChI=1S/C17H23N9O2S/c1-4-25-14(3)17(13(2)22-25)29(27,28)24-7-5-23(6-8-24)15-9-16(20-11-19-15)26-12-18-10-21-26/h9-12H,4-8H2,1-3H3. The Labute approximate surface area is 169 Å². The Kier molecular flexibility index (Phi) is 5.04. The summed E-state index contributed by atoms with van der Waals surface area (Å²) >= 11 is 0. The fourth-order valence-corrected chi connectivity index (χ4v) is 5.41. The molecule has 0 radical (unpaired) electrons. The number of piperazine rings is 1. The van der Waals surface area contributed by atoms with E-state index >= 15 is 0 Å². The third-order valence-electron chi connectivity index (χ3n) is 5.07. The summed E-state index contributed by atoms with van der Waals surface area (Å²) in [5.74, 6) is 1.34. The van der Waals surface area contributed by atoms with Crippen LogP contribution in [0.25, 0.3) is 5.82 Å². The lowest BCUT2D eigenvalue weighted by molar-refractivity contribution is 0.383. The molecule has 0 bridgehead atoms. The van der Waals surface area contributed by atoms with Crippen LogP contribution in [-0.4, -0.2) is 73.4 Å². The van der Waals surface area contributed by atoms with Gasteiger partial charge in [-0.1, -0.05) is 0 Å². The highest BCUT2D eigenvalue weighted by atomic mass is 32.2. The van der Waals surface area contributed by atoms with E-state index in [9.17, 15) is 8.42 Å². The lowest BCUT2D eigenvalue weighted by atomic mass is 10.3. The predicted octanol–water partition coefficient (Wildman–Crippen LogP) is 0.401. The molecule has 3 aromatic rings. The Balaban J connectivity index is 1.51. The summed E-state index contributed by atoms with van der Waals surface area (Å²) in [6.07, 6.45) is 4.48. The molecule has 0 amide bonds. The molecule has 0 spiro atoms. The third kappa shape index (κ3) is 3.49. The molecular weight excluding hydrogens is 394 g/mol. The van der Waals surface area contributed by atoms with E-state index in [0.29, 0.717) is 54.8 Å². The van der Waals surface area contributed by atoms with Gasteiger partial charge in [-0.15, -0.1) is 0 Å². The zero-order valence-corrected chi connectivity index (χ0v) is 17.4. The van der Waals surface area contributed by atoms with Crippen LogP contribution in [0.2, 0.25) is 0 Å². The van der Waals surface area contributed by atoms with Gasteiger partial charge in [0.15, 0.2) is 5.82 Å². The second kappa shape index (κ2) is 7.52. The lowest BCUT2D eigenvalue weighted by Crippen LogP contribution is -2.49. The number of nitrogens with zero attached hydrogens (tertiary/aromatic N) is 9. The van der Waals surface area contributed by atoms with Crippen molar-refractivity contribution in [2.24, 2.45) is 0 Å². The van der Waals surface area contributed by atoms with Crippen LogP contribution in [0.3, 0.4) is 0 Å². The van der Waals surface area contributed by atoms with Crippen LogP contribution in [0.5, 0.6) is 0 Å². The van der Waals surface area contributed by atoms with E-state index in [0.717, 1.165) is 5.82 Å². The second-order valence-corrected chi connectivity index (χ2v) is 8.66. The van der Waals surface area contributed by atoms with Gasteiger partial charge in [0.2, 0.25) is 10.0 Å². The van der Waals surface area contributed by atoms with Crippen molar-refractivity contribution >= 4 is 15.8 Å². The fraction of sp³-hybridized carbons (Fsp3) is 0.471. The van der Waals surface area contributed by atoms with Crippen LogP contribution < -0.4 is 4.90 Å². The summed E-state index contributed by atoms with van der Waals surface area (Å²) in [5.41, 5.74) is 1.22. The zero-order chi connectivity index (χ0) is 20.6. The van der Waals surface area contributed by atoms with Gasteiger partial charge in [0.25, 0.3) is 0 Å². The summed E-state index contributed by atoms with van der Waals surface area (Å²) in [4.78, 5) is 14.8. The monoisotopic (exact) mass is 417 g/mol. The van der Waals surface area contributed by atoms with Crippen molar-refractivity contribution in [2.45, 2.75) is 32.2 Å². The maximum Gasteiger partial charge on any atom is 0.246 e. The second-order valence-electron chi connectivity index (χ2n) is 6.78. The van der Waals surface area contributed by atoms with Crippen LogP contribution in [0.4, 0.5) is 5.82 Å². The van der Waals surface area contributed by atoms with E-state index < -0.39 is 10.0 Å². The topological polar surface area (TPSA) is 115 Å². The van der Waals surface area contributed by atoms with Crippen molar-refractivity contribution in [1.82, 2.24) is 38.8 Å². The van der Waals surface area contributed by atoms with Gasteiger partial charge in [-0.25, -0.2) is 28.1 Å². The highest BCUT2D eigenvalue weighted by molar-refractivity contribution is 7.89. The van der Waals surface area contributed by atoms with E-state index in [1.165, 1.54) is 17.0 Å². The van der Waals surface area contributed by atoms with Gasteiger partial charge in [-0.2, -0.15) is 14.5 Å². The Morgan fingerprint density at radius 2 is 1.76 bits per heavy atom. The predicted molar refractivity (Wildman–Crippen MR) is 105 cm³/mol. The smallest absolute Gasteiger partial charge is 0.246 e. The van der Waals surface area contributed by atoms with Crippen molar-refractivity contribution in [3.05, 3.63) is 36.4 Å². The van der Waals surface area contributed by atoms with Crippen molar-refractivity contribution in [1.29, 1.82) is 0 Å². The van der Waals surface area contributed by atoms with Gasteiger partial charge < -0.3 is 4.90 Å². The summed E-state index contributed by atoms with van der Waals surface area (Å²) in [5, 5.41) is 8.43. The molecule has 1 saturated heterocycles. The van der Waals surface area contributed by atoms with Crippen molar-refractivity contribution in [3.8, 4) is 5.82 Å². The van der Waals surface area contributed by atoms with Crippen molar-refractivity contribution in [3.63, 3.8) is 0 Å². The van der Waals surface area contributed by atoms with Crippen LogP contribution in [0, 0.1) is 13.8 Å². The Morgan fingerprint density at radius 1 is 1.03 bits per heavy atom. The molecule has 11 nitrogen and oxygen atoms in total. The molecule has 0 atom stereocenters.